The van der Waals surface area contributed by atoms with Gasteiger partial charge < -0.3 is 10.2 Å². The van der Waals surface area contributed by atoms with Crippen LogP contribution >= 0.6 is 0 Å². The second-order valence-corrected chi connectivity index (χ2v) is 3.03. The number of aliphatic carboxylic acids is 1. The highest BCUT2D eigenvalue weighted by Crippen LogP contribution is 2.23. The summed E-state index contributed by atoms with van der Waals surface area (Å²) in [6.07, 6.45) is -0.518. The van der Waals surface area contributed by atoms with Gasteiger partial charge in [0.15, 0.2) is 0 Å². The highest BCUT2D eigenvalue weighted by Gasteiger charge is 2.39. The SMILES string of the molecule is C[C@H]1CCN(C(=O)O)[C@@H]1C(=O)O. The Labute approximate surface area is 69.6 Å². The van der Waals surface area contributed by atoms with Crippen LogP contribution in [0.2, 0.25) is 0 Å². The van der Waals surface area contributed by atoms with Gasteiger partial charge in [-0.05, 0) is 12.3 Å². The lowest BCUT2D eigenvalue weighted by Gasteiger charge is -2.19. The summed E-state index contributed by atoms with van der Waals surface area (Å²) in [6.45, 7) is 2.08. The Hall–Kier alpha value is -1.26. The standard InChI is InChI=1S/C7H11NO4/c1-4-2-3-8(7(11)12)5(4)6(9)10/h4-5H,2-3H2,1H3,(H,9,10)(H,11,12)/t4-,5-/m0/s1. The molecule has 1 rings (SSSR count). The molecule has 1 amide bonds. The number of hydrogen-bond acceptors (Lipinski definition) is 2. The van der Waals surface area contributed by atoms with Crippen LogP contribution in [0.3, 0.4) is 0 Å². The first-order valence-corrected chi connectivity index (χ1v) is 3.76. The van der Waals surface area contributed by atoms with Crippen LogP contribution in [0.15, 0.2) is 0 Å². The van der Waals surface area contributed by atoms with E-state index >= 15 is 0 Å². The predicted molar refractivity (Wildman–Crippen MR) is 39.9 cm³/mol. The Kier molecular flexibility index (Phi) is 2.21. The van der Waals surface area contributed by atoms with Crippen LogP contribution in [0.5, 0.6) is 0 Å². The van der Waals surface area contributed by atoms with E-state index in [9.17, 15) is 9.59 Å². The smallest absolute Gasteiger partial charge is 0.408 e. The molecule has 1 aliphatic rings. The van der Waals surface area contributed by atoms with Crippen LogP contribution in [0, 0.1) is 5.92 Å². The molecule has 5 nitrogen and oxygen atoms in total. The number of likely N-dealkylation sites (tertiary alicyclic amines) is 1. The molecule has 0 aliphatic carbocycles. The van der Waals surface area contributed by atoms with Gasteiger partial charge in [-0.15, -0.1) is 0 Å². The summed E-state index contributed by atoms with van der Waals surface area (Å²) in [6, 6.07) is -0.859. The Morgan fingerprint density at radius 3 is 2.33 bits per heavy atom. The van der Waals surface area contributed by atoms with Crippen LogP contribution in [0.4, 0.5) is 4.79 Å². The molecule has 2 N–H and O–H groups in total. The molecule has 0 saturated carbocycles. The molecule has 5 heteroatoms. The van der Waals surface area contributed by atoms with Gasteiger partial charge in [-0.25, -0.2) is 9.59 Å². The van der Waals surface area contributed by atoms with Crippen LogP contribution < -0.4 is 0 Å². The summed E-state index contributed by atoms with van der Waals surface area (Å²) in [5.41, 5.74) is 0. The van der Waals surface area contributed by atoms with Crippen molar-refractivity contribution in [1.82, 2.24) is 4.90 Å². The summed E-state index contributed by atoms with van der Waals surface area (Å²) in [4.78, 5) is 22.1. The number of hydrogen-bond donors (Lipinski definition) is 2. The summed E-state index contributed by atoms with van der Waals surface area (Å²) in [7, 11) is 0. The minimum atomic E-state index is -1.15. The van der Waals surface area contributed by atoms with Gasteiger partial charge >= 0.3 is 12.1 Å². The summed E-state index contributed by atoms with van der Waals surface area (Å²) in [5, 5.41) is 17.3. The van der Waals surface area contributed by atoms with E-state index in [1.165, 1.54) is 0 Å². The molecular formula is C7H11NO4. The zero-order chi connectivity index (χ0) is 9.30. The van der Waals surface area contributed by atoms with E-state index in [1.807, 2.05) is 0 Å². The lowest BCUT2D eigenvalue weighted by Crippen LogP contribution is -2.41. The van der Waals surface area contributed by atoms with Crippen molar-refractivity contribution in [3.8, 4) is 0 Å². The topological polar surface area (TPSA) is 77.8 Å². The van der Waals surface area contributed by atoms with Crippen molar-refractivity contribution in [2.24, 2.45) is 5.92 Å². The van der Waals surface area contributed by atoms with E-state index in [1.54, 1.807) is 6.92 Å². The maximum Gasteiger partial charge on any atom is 0.408 e. The zero-order valence-electron chi connectivity index (χ0n) is 6.73. The van der Waals surface area contributed by atoms with Crippen molar-refractivity contribution in [1.29, 1.82) is 0 Å². The monoisotopic (exact) mass is 173 g/mol. The Balaban J connectivity index is 2.77. The molecule has 0 radical (unpaired) electrons. The number of carboxylic acid groups (broad SMARTS) is 2. The summed E-state index contributed by atoms with van der Waals surface area (Å²) in [5.74, 6) is -1.14. The van der Waals surface area contributed by atoms with Gasteiger partial charge in [-0.3, -0.25) is 4.90 Å². The second-order valence-electron chi connectivity index (χ2n) is 3.03. The van der Waals surface area contributed by atoms with Crippen molar-refractivity contribution in [2.75, 3.05) is 6.54 Å². The molecule has 0 aromatic heterocycles. The normalized spacial score (nSPS) is 28.9. The number of amides is 1. The molecule has 1 fully saturated rings. The van der Waals surface area contributed by atoms with E-state index in [4.69, 9.17) is 10.2 Å². The zero-order valence-corrected chi connectivity index (χ0v) is 6.73. The molecule has 0 aromatic carbocycles. The van der Waals surface area contributed by atoms with Crippen molar-refractivity contribution < 1.29 is 19.8 Å². The second kappa shape index (κ2) is 3.00. The molecule has 0 unspecified atom stereocenters. The van der Waals surface area contributed by atoms with Crippen molar-refractivity contribution in [3.05, 3.63) is 0 Å². The van der Waals surface area contributed by atoms with E-state index in [0.717, 1.165) is 4.90 Å². The number of rotatable bonds is 1. The third-order valence-corrected chi connectivity index (χ3v) is 2.20. The summed E-state index contributed by atoms with van der Waals surface area (Å²) >= 11 is 0. The van der Waals surface area contributed by atoms with Crippen LogP contribution in [0.25, 0.3) is 0 Å². The first-order chi connectivity index (χ1) is 5.54. The first kappa shape index (κ1) is 8.83. The lowest BCUT2D eigenvalue weighted by atomic mass is 10.0. The highest BCUT2D eigenvalue weighted by atomic mass is 16.4. The number of nitrogens with zero attached hydrogens (tertiary/aromatic N) is 1. The fraction of sp³-hybridized carbons (Fsp3) is 0.714. The van der Waals surface area contributed by atoms with Gasteiger partial charge in [0.1, 0.15) is 6.04 Å². The Morgan fingerprint density at radius 1 is 1.42 bits per heavy atom. The Bertz CT molecular complexity index is 215. The van der Waals surface area contributed by atoms with Gasteiger partial charge in [0.05, 0.1) is 0 Å². The highest BCUT2D eigenvalue weighted by molar-refractivity contribution is 5.80. The van der Waals surface area contributed by atoms with Crippen LogP contribution in [0.1, 0.15) is 13.3 Å². The number of carbonyl (C=O) groups is 2. The van der Waals surface area contributed by atoms with Gasteiger partial charge in [0.25, 0.3) is 0 Å². The average molecular weight is 173 g/mol. The van der Waals surface area contributed by atoms with Gasteiger partial charge in [0.2, 0.25) is 0 Å². The van der Waals surface area contributed by atoms with Gasteiger partial charge in [-0.1, -0.05) is 6.92 Å². The van der Waals surface area contributed by atoms with Crippen molar-refractivity contribution in [3.63, 3.8) is 0 Å². The van der Waals surface area contributed by atoms with Crippen molar-refractivity contribution in [2.45, 2.75) is 19.4 Å². The Morgan fingerprint density at radius 2 is 2.00 bits per heavy atom. The molecule has 0 spiro atoms. The third-order valence-electron chi connectivity index (χ3n) is 2.20. The quantitative estimate of drug-likeness (QED) is 0.603. The molecular weight excluding hydrogens is 162 g/mol. The molecule has 1 aliphatic heterocycles. The van der Waals surface area contributed by atoms with E-state index in [0.29, 0.717) is 13.0 Å². The molecule has 1 saturated heterocycles. The van der Waals surface area contributed by atoms with E-state index in [2.05, 4.69) is 0 Å². The molecule has 0 aromatic rings. The lowest BCUT2D eigenvalue weighted by molar-refractivity contribution is -0.142. The van der Waals surface area contributed by atoms with Crippen LogP contribution in [-0.4, -0.2) is 39.8 Å². The third kappa shape index (κ3) is 1.34. The molecule has 1 heterocycles. The first-order valence-electron chi connectivity index (χ1n) is 3.76. The number of carboxylic acids is 1. The molecule has 12 heavy (non-hydrogen) atoms. The maximum absolute atomic E-state index is 10.6. The molecule has 68 valence electrons. The fourth-order valence-corrected chi connectivity index (χ4v) is 1.54. The van der Waals surface area contributed by atoms with Gasteiger partial charge in [0, 0.05) is 6.54 Å². The largest absolute Gasteiger partial charge is 0.480 e. The van der Waals surface area contributed by atoms with Gasteiger partial charge in [-0.2, -0.15) is 0 Å². The van der Waals surface area contributed by atoms with Crippen molar-refractivity contribution >= 4 is 12.1 Å². The minimum absolute atomic E-state index is 0.0846. The fourth-order valence-electron chi connectivity index (χ4n) is 1.54. The van der Waals surface area contributed by atoms with E-state index in [-0.39, 0.29) is 5.92 Å². The minimum Gasteiger partial charge on any atom is -0.480 e. The maximum atomic E-state index is 10.6. The van der Waals surface area contributed by atoms with Crippen LogP contribution in [-0.2, 0) is 4.79 Å². The average Bonchev–Trinajstić information content (AvgIpc) is 2.30. The van der Waals surface area contributed by atoms with E-state index < -0.39 is 18.1 Å². The predicted octanol–water partition coefficient (Wildman–Crippen LogP) is 0.459. The molecule has 0 bridgehead atoms. The summed E-state index contributed by atoms with van der Waals surface area (Å²) < 4.78 is 0. The molecule has 2 atom stereocenters.